The van der Waals surface area contributed by atoms with Gasteiger partial charge >= 0.3 is 24.2 Å². The first-order valence-electron chi connectivity index (χ1n) is 14.9. The second kappa shape index (κ2) is 19.7. The molecule has 4 atom stereocenters. The second-order valence-corrected chi connectivity index (χ2v) is 10.7. The van der Waals surface area contributed by atoms with Gasteiger partial charge in [-0.2, -0.15) is 0 Å². The lowest BCUT2D eigenvalue weighted by atomic mass is 9.98. The van der Waals surface area contributed by atoms with E-state index in [-0.39, 0.29) is 48.9 Å². The Morgan fingerprint density at radius 3 is 1.71 bits per heavy atom. The number of benzene rings is 1. The highest BCUT2D eigenvalue weighted by Gasteiger charge is 2.27. The maximum Gasteiger partial charge on any atom is 0.513 e. The third kappa shape index (κ3) is 14.0. The fraction of sp³-hybridized carbons (Fsp3) is 0.677. The summed E-state index contributed by atoms with van der Waals surface area (Å²) in [6.07, 6.45) is 1.83. The van der Waals surface area contributed by atoms with Crippen molar-refractivity contribution in [2.45, 2.75) is 112 Å². The minimum atomic E-state index is -1.07. The van der Waals surface area contributed by atoms with E-state index in [1.165, 1.54) is 12.1 Å². The van der Waals surface area contributed by atoms with Crippen LogP contribution in [0.25, 0.3) is 0 Å². The molecule has 0 saturated heterocycles. The summed E-state index contributed by atoms with van der Waals surface area (Å²) in [6.45, 7) is 13.3. The van der Waals surface area contributed by atoms with Gasteiger partial charge < -0.3 is 34.2 Å². The first-order chi connectivity index (χ1) is 19.9. The Balaban J connectivity index is 2.90. The van der Waals surface area contributed by atoms with E-state index in [4.69, 9.17) is 34.2 Å². The number of nitrogens with two attached hydrogens (primary N) is 1. The lowest BCUT2D eigenvalue weighted by Crippen LogP contribution is -2.40. The van der Waals surface area contributed by atoms with Crippen LogP contribution in [0.15, 0.2) is 18.2 Å². The standard InChI is InChI=1S/C31H49NO10/c1-8-10-12-16-37-30(35)41-26-15-14-24(19-27(26)42-31(36)38-17-13-11-9-2)18-25(32)29(34)40-23(7)22(6)39-28(33)21(5)20(3)4/h14-15,19-23,25H,8-13,16-18,32H2,1-7H3/t21?,22-,23-,25-/m0/s1. The van der Waals surface area contributed by atoms with Gasteiger partial charge in [0.15, 0.2) is 11.5 Å². The normalized spacial score (nSPS) is 13.8. The summed E-state index contributed by atoms with van der Waals surface area (Å²) >= 11 is 0. The highest BCUT2D eigenvalue weighted by molar-refractivity contribution is 5.76. The zero-order chi connectivity index (χ0) is 31.7. The van der Waals surface area contributed by atoms with Crippen molar-refractivity contribution in [3.63, 3.8) is 0 Å². The van der Waals surface area contributed by atoms with Crippen molar-refractivity contribution >= 4 is 24.2 Å². The summed E-state index contributed by atoms with van der Waals surface area (Å²) < 4.78 is 31.7. The SMILES string of the molecule is CCCCCOC(=O)Oc1ccc(C[C@H](N)C(=O)O[C@@H](C)[C@H](C)OC(=O)C(C)C(C)C)cc1OC(=O)OCCCCC. The van der Waals surface area contributed by atoms with Gasteiger partial charge in [0.25, 0.3) is 0 Å². The number of rotatable bonds is 18. The minimum Gasteiger partial charge on any atom is -0.459 e. The second-order valence-electron chi connectivity index (χ2n) is 10.7. The number of hydrogen-bond acceptors (Lipinski definition) is 11. The molecule has 0 bridgehead atoms. The van der Waals surface area contributed by atoms with E-state index in [1.807, 2.05) is 27.7 Å². The largest absolute Gasteiger partial charge is 0.513 e. The van der Waals surface area contributed by atoms with Gasteiger partial charge in [-0.15, -0.1) is 0 Å². The highest BCUT2D eigenvalue weighted by atomic mass is 16.7. The number of hydrogen-bond donors (Lipinski definition) is 1. The van der Waals surface area contributed by atoms with Gasteiger partial charge in [-0.1, -0.05) is 66.4 Å². The van der Waals surface area contributed by atoms with E-state index >= 15 is 0 Å². The molecule has 0 aliphatic rings. The Hall–Kier alpha value is -3.34. The number of carbonyl (C=O) groups excluding carboxylic acids is 4. The van der Waals surface area contributed by atoms with Crippen LogP contribution in [0.1, 0.15) is 92.6 Å². The molecule has 0 aromatic heterocycles. The number of ether oxygens (including phenoxy) is 6. The lowest BCUT2D eigenvalue weighted by molar-refractivity contribution is -0.169. The van der Waals surface area contributed by atoms with Crippen LogP contribution in [0.3, 0.4) is 0 Å². The Morgan fingerprint density at radius 2 is 1.21 bits per heavy atom. The van der Waals surface area contributed by atoms with E-state index in [1.54, 1.807) is 26.8 Å². The van der Waals surface area contributed by atoms with Gasteiger partial charge in [0.1, 0.15) is 18.2 Å². The van der Waals surface area contributed by atoms with E-state index in [0.29, 0.717) is 18.4 Å². The predicted molar refractivity (Wildman–Crippen MR) is 156 cm³/mol. The fourth-order valence-corrected chi connectivity index (χ4v) is 3.46. The van der Waals surface area contributed by atoms with E-state index in [9.17, 15) is 19.2 Å². The molecule has 0 fully saturated rings. The summed E-state index contributed by atoms with van der Waals surface area (Å²) in [5.74, 6) is -1.39. The Kier molecular flexibility index (Phi) is 17.2. The molecule has 42 heavy (non-hydrogen) atoms. The summed E-state index contributed by atoms with van der Waals surface area (Å²) in [6, 6.07) is 3.35. The molecule has 1 rings (SSSR count). The molecule has 0 aliphatic carbocycles. The first-order valence-corrected chi connectivity index (χ1v) is 14.9. The lowest BCUT2D eigenvalue weighted by Gasteiger charge is -2.24. The molecular weight excluding hydrogens is 546 g/mol. The van der Waals surface area contributed by atoms with Crippen molar-refractivity contribution in [3.05, 3.63) is 23.8 Å². The Morgan fingerprint density at radius 1 is 0.714 bits per heavy atom. The first kappa shape index (κ1) is 36.7. The molecule has 2 N–H and O–H groups in total. The average Bonchev–Trinajstić information content (AvgIpc) is 2.94. The molecule has 238 valence electrons. The quantitative estimate of drug-likeness (QED) is 0.0904. The third-order valence-electron chi connectivity index (χ3n) is 6.73. The molecule has 0 heterocycles. The molecule has 0 saturated carbocycles. The molecule has 1 aromatic rings. The van der Waals surface area contributed by atoms with Crippen molar-refractivity contribution in [2.24, 2.45) is 17.6 Å². The summed E-state index contributed by atoms with van der Waals surface area (Å²) in [7, 11) is 0. The van der Waals surface area contributed by atoms with Crippen LogP contribution in [0, 0.1) is 11.8 Å². The van der Waals surface area contributed by atoms with Crippen LogP contribution in [0.2, 0.25) is 0 Å². The topological polar surface area (TPSA) is 150 Å². The summed E-state index contributed by atoms with van der Waals surface area (Å²) in [4.78, 5) is 49.4. The van der Waals surface area contributed by atoms with E-state index < -0.39 is 36.5 Å². The Labute approximate surface area is 249 Å². The van der Waals surface area contributed by atoms with Crippen LogP contribution in [0.5, 0.6) is 11.5 Å². The summed E-state index contributed by atoms with van der Waals surface area (Å²) in [5.41, 5.74) is 6.62. The molecule has 0 aliphatic heterocycles. The molecule has 11 nitrogen and oxygen atoms in total. The minimum absolute atomic E-state index is 0.0216. The molecule has 0 radical (unpaired) electrons. The molecule has 11 heteroatoms. The number of esters is 2. The van der Waals surface area contributed by atoms with Gasteiger partial charge in [-0.25, -0.2) is 9.59 Å². The molecule has 0 amide bonds. The van der Waals surface area contributed by atoms with Crippen molar-refractivity contribution in [1.82, 2.24) is 0 Å². The maximum atomic E-state index is 12.7. The van der Waals surface area contributed by atoms with Crippen molar-refractivity contribution in [2.75, 3.05) is 13.2 Å². The smallest absolute Gasteiger partial charge is 0.459 e. The zero-order valence-electron chi connectivity index (χ0n) is 26.1. The third-order valence-corrected chi connectivity index (χ3v) is 6.73. The van der Waals surface area contributed by atoms with Gasteiger partial charge in [-0.3, -0.25) is 9.59 Å². The van der Waals surface area contributed by atoms with Gasteiger partial charge in [-0.05, 0) is 56.7 Å². The van der Waals surface area contributed by atoms with Crippen LogP contribution in [-0.4, -0.2) is 55.7 Å². The molecule has 1 unspecified atom stereocenters. The van der Waals surface area contributed by atoms with Crippen molar-refractivity contribution in [3.8, 4) is 11.5 Å². The highest BCUT2D eigenvalue weighted by Crippen LogP contribution is 2.30. The summed E-state index contributed by atoms with van der Waals surface area (Å²) in [5, 5.41) is 0. The molecule has 1 aromatic carbocycles. The number of carbonyl (C=O) groups is 4. The van der Waals surface area contributed by atoms with Gasteiger partial charge in [0.05, 0.1) is 19.1 Å². The zero-order valence-corrected chi connectivity index (χ0v) is 26.1. The van der Waals surface area contributed by atoms with E-state index in [2.05, 4.69) is 0 Å². The van der Waals surface area contributed by atoms with Crippen LogP contribution in [-0.2, 0) is 35.0 Å². The number of unbranched alkanes of at least 4 members (excludes halogenated alkanes) is 4. The predicted octanol–water partition coefficient (Wildman–Crippen LogP) is 6.12. The monoisotopic (exact) mass is 595 g/mol. The van der Waals surface area contributed by atoms with Crippen LogP contribution >= 0.6 is 0 Å². The van der Waals surface area contributed by atoms with Crippen LogP contribution in [0.4, 0.5) is 9.59 Å². The van der Waals surface area contributed by atoms with E-state index in [0.717, 1.165) is 25.7 Å². The average molecular weight is 596 g/mol. The maximum absolute atomic E-state index is 12.7. The molecular formula is C31H49NO10. The van der Waals surface area contributed by atoms with Crippen molar-refractivity contribution < 1.29 is 47.6 Å². The fourth-order valence-electron chi connectivity index (χ4n) is 3.46. The molecule has 0 spiro atoms. The van der Waals surface area contributed by atoms with Crippen molar-refractivity contribution in [1.29, 1.82) is 0 Å². The van der Waals surface area contributed by atoms with Crippen LogP contribution < -0.4 is 15.2 Å². The Bertz CT molecular complexity index is 996. The van der Waals surface area contributed by atoms with Gasteiger partial charge in [0, 0.05) is 0 Å². The van der Waals surface area contributed by atoms with Gasteiger partial charge in [0.2, 0.25) is 0 Å².